The number of hydrogen-bond donors (Lipinski definition) is 2. The Bertz CT molecular complexity index is 1050. The number of ketones is 1. The summed E-state index contributed by atoms with van der Waals surface area (Å²) in [6, 6.07) is 5.26. The van der Waals surface area contributed by atoms with E-state index in [9.17, 15) is 19.2 Å². The van der Waals surface area contributed by atoms with Gasteiger partial charge >= 0.3 is 11.7 Å². The highest BCUT2D eigenvalue weighted by molar-refractivity contribution is 6.31. The van der Waals surface area contributed by atoms with E-state index in [-0.39, 0.29) is 12.4 Å². The summed E-state index contributed by atoms with van der Waals surface area (Å²) >= 11 is 6.01. The van der Waals surface area contributed by atoms with Crippen LogP contribution in [0.4, 0.5) is 5.82 Å². The number of hydrogen-bond acceptors (Lipinski definition) is 6. The van der Waals surface area contributed by atoms with Crippen molar-refractivity contribution in [2.24, 2.45) is 0 Å². The highest BCUT2D eigenvalue weighted by Gasteiger charge is 2.20. The maximum absolute atomic E-state index is 12.3. The summed E-state index contributed by atoms with van der Waals surface area (Å²) in [7, 11) is 0. The van der Waals surface area contributed by atoms with Crippen LogP contribution >= 0.6 is 11.6 Å². The van der Waals surface area contributed by atoms with E-state index >= 15 is 0 Å². The van der Waals surface area contributed by atoms with E-state index in [1.807, 2.05) is 18.8 Å². The molecule has 8 nitrogen and oxygen atoms in total. The van der Waals surface area contributed by atoms with Gasteiger partial charge in [0.15, 0.2) is 6.61 Å². The number of ether oxygens (including phenoxy) is 1. The Kier molecular flexibility index (Phi) is 6.94. The van der Waals surface area contributed by atoms with Gasteiger partial charge < -0.3 is 10.5 Å². The van der Waals surface area contributed by atoms with Crippen LogP contribution in [0.25, 0.3) is 6.08 Å². The van der Waals surface area contributed by atoms with Crippen LogP contribution in [0.1, 0.15) is 34.8 Å². The Morgan fingerprint density at radius 2 is 2.04 bits per heavy atom. The Hall–Kier alpha value is -3.13. The number of rotatable bonds is 7. The molecule has 9 heteroatoms. The normalized spacial score (nSPS) is 11.0. The van der Waals surface area contributed by atoms with E-state index in [2.05, 4.69) is 0 Å². The zero-order valence-corrected chi connectivity index (χ0v) is 16.2. The average molecular weight is 406 g/mol. The van der Waals surface area contributed by atoms with Crippen LogP contribution in [0, 0.1) is 6.92 Å². The lowest BCUT2D eigenvalue weighted by atomic mass is 10.1. The standard InChI is InChI=1S/C19H20ClN3O5/c1-3-8-23-17(21)16(18(26)22-19(23)27)14(24)10-28-15(25)7-6-12-5-4-11(2)13(20)9-12/h4-7,9H,3,8,10,21H2,1-2H3,(H,22,26,27)/b7-6+. The van der Waals surface area contributed by atoms with Crippen molar-refractivity contribution in [1.29, 1.82) is 0 Å². The fourth-order valence-electron chi connectivity index (χ4n) is 2.44. The van der Waals surface area contributed by atoms with Gasteiger partial charge in [-0.1, -0.05) is 30.7 Å². The molecular formula is C19H20ClN3O5. The molecule has 1 heterocycles. The molecule has 1 aromatic carbocycles. The van der Waals surface area contributed by atoms with Crippen molar-refractivity contribution >= 4 is 35.2 Å². The fraction of sp³-hybridized carbons (Fsp3) is 0.263. The average Bonchev–Trinajstić information content (AvgIpc) is 2.64. The molecule has 0 unspecified atom stereocenters. The van der Waals surface area contributed by atoms with Crippen LogP contribution in [0.15, 0.2) is 33.9 Å². The van der Waals surface area contributed by atoms with Crippen molar-refractivity contribution in [3.05, 3.63) is 66.8 Å². The van der Waals surface area contributed by atoms with E-state index in [4.69, 9.17) is 22.1 Å². The lowest BCUT2D eigenvalue weighted by molar-refractivity contribution is -0.136. The number of aryl methyl sites for hydroxylation is 1. The largest absolute Gasteiger partial charge is 0.454 e. The van der Waals surface area contributed by atoms with E-state index in [0.29, 0.717) is 17.0 Å². The van der Waals surface area contributed by atoms with Gasteiger partial charge in [0.1, 0.15) is 11.4 Å². The topological polar surface area (TPSA) is 124 Å². The first-order valence-electron chi connectivity index (χ1n) is 8.51. The second-order valence-electron chi connectivity index (χ2n) is 6.04. The second kappa shape index (κ2) is 9.18. The fourth-order valence-corrected chi connectivity index (χ4v) is 2.63. The SMILES string of the molecule is CCCn1c(N)c(C(=O)COC(=O)/C=C/c2ccc(C)c(Cl)c2)c(=O)[nH]c1=O. The molecule has 0 aliphatic heterocycles. The minimum Gasteiger partial charge on any atom is -0.454 e. The highest BCUT2D eigenvalue weighted by Crippen LogP contribution is 2.17. The molecule has 0 fully saturated rings. The summed E-state index contributed by atoms with van der Waals surface area (Å²) < 4.78 is 5.96. The van der Waals surface area contributed by atoms with Crippen molar-refractivity contribution in [3.63, 3.8) is 0 Å². The molecule has 0 atom stereocenters. The number of nitrogens with two attached hydrogens (primary N) is 1. The van der Waals surface area contributed by atoms with Gasteiger partial charge in [-0.3, -0.25) is 19.1 Å². The third-order valence-corrected chi connectivity index (χ3v) is 4.33. The molecule has 3 N–H and O–H groups in total. The second-order valence-corrected chi connectivity index (χ2v) is 6.45. The molecule has 0 aliphatic rings. The smallest absolute Gasteiger partial charge is 0.331 e. The number of Topliss-reactive ketones (excluding diaryl/α,β-unsaturated/α-hetero) is 1. The number of H-pyrrole nitrogens is 1. The molecule has 2 rings (SSSR count). The van der Waals surface area contributed by atoms with Crippen LogP contribution in [0.3, 0.4) is 0 Å². The van der Waals surface area contributed by atoms with Crippen LogP contribution < -0.4 is 17.0 Å². The molecule has 28 heavy (non-hydrogen) atoms. The summed E-state index contributed by atoms with van der Waals surface area (Å²) in [5.74, 6) is -1.83. The number of halogens is 1. The molecule has 0 aliphatic carbocycles. The van der Waals surface area contributed by atoms with Crippen molar-refractivity contribution in [1.82, 2.24) is 9.55 Å². The predicted octanol–water partition coefficient (Wildman–Crippen LogP) is 1.93. The predicted molar refractivity (Wildman–Crippen MR) is 107 cm³/mol. The third kappa shape index (κ3) is 4.98. The molecule has 0 spiro atoms. The van der Waals surface area contributed by atoms with E-state index in [1.54, 1.807) is 18.2 Å². The number of nitrogens with zero attached hydrogens (tertiary/aromatic N) is 1. The number of carbonyl (C=O) groups excluding carboxylic acids is 2. The van der Waals surface area contributed by atoms with E-state index in [1.165, 1.54) is 6.08 Å². The molecule has 0 amide bonds. The number of benzene rings is 1. The monoisotopic (exact) mass is 405 g/mol. The van der Waals surface area contributed by atoms with Gasteiger partial charge in [0.25, 0.3) is 5.56 Å². The maximum atomic E-state index is 12.3. The summed E-state index contributed by atoms with van der Waals surface area (Å²) in [4.78, 5) is 49.9. The first-order chi connectivity index (χ1) is 13.2. The van der Waals surface area contributed by atoms with E-state index in [0.717, 1.165) is 16.2 Å². The summed E-state index contributed by atoms with van der Waals surface area (Å²) in [5.41, 5.74) is 5.36. The summed E-state index contributed by atoms with van der Waals surface area (Å²) in [6.45, 7) is 3.22. The van der Waals surface area contributed by atoms with Gasteiger partial charge in [0, 0.05) is 17.6 Å². The van der Waals surface area contributed by atoms with Gasteiger partial charge in [0.2, 0.25) is 5.78 Å². The van der Waals surface area contributed by atoms with Crippen LogP contribution in [-0.2, 0) is 16.1 Å². The number of nitrogen functional groups attached to an aromatic ring is 1. The van der Waals surface area contributed by atoms with Crippen molar-refractivity contribution < 1.29 is 14.3 Å². The minimum absolute atomic E-state index is 0.239. The lowest BCUT2D eigenvalue weighted by Gasteiger charge is -2.10. The summed E-state index contributed by atoms with van der Waals surface area (Å²) in [6.07, 6.45) is 3.20. The highest BCUT2D eigenvalue weighted by atomic mass is 35.5. The van der Waals surface area contributed by atoms with Gasteiger partial charge in [-0.05, 0) is 36.6 Å². The van der Waals surface area contributed by atoms with Gasteiger partial charge in [-0.25, -0.2) is 9.59 Å². The first-order valence-corrected chi connectivity index (χ1v) is 8.89. The molecule has 0 saturated carbocycles. The zero-order valence-electron chi connectivity index (χ0n) is 15.5. The zero-order chi connectivity index (χ0) is 20.8. The molecule has 0 saturated heterocycles. The third-order valence-electron chi connectivity index (χ3n) is 3.92. The van der Waals surface area contributed by atoms with Gasteiger partial charge in [-0.15, -0.1) is 0 Å². The number of nitrogens with one attached hydrogen (secondary N) is 1. The van der Waals surface area contributed by atoms with Gasteiger partial charge in [-0.2, -0.15) is 0 Å². The molecule has 2 aromatic rings. The quantitative estimate of drug-likeness (QED) is 0.412. The van der Waals surface area contributed by atoms with Crippen LogP contribution in [-0.4, -0.2) is 27.9 Å². The molecule has 0 radical (unpaired) electrons. The molecule has 0 bridgehead atoms. The minimum atomic E-state index is -0.916. The van der Waals surface area contributed by atoms with Gasteiger partial charge in [0.05, 0.1) is 0 Å². The lowest BCUT2D eigenvalue weighted by Crippen LogP contribution is -2.37. The van der Waals surface area contributed by atoms with Crippen molar-refractivity contribution in [2.75, 3.05) is 12.3 Å². The van der Waals surface area contributed by atoms with Crippen LogP contribution in [0.2, 0.25) is 5.02 Å². The Labute approximate surface area is 165 Å². The number of carbonyl (C=O) groups is 2. The van der Waals surface area contributed by atoms with Crippen molar-refractivity contribution in [2.45, 2.75) is 26.8 Å². The number of esters is 1. The van der Waals surface area contributed by atoms with Crippen LogP contribution in [0.5, 0.6) is 0 Å². The molecule has 1 aromatic heterocycles. The van der Waals surface area contributed by atoms with E-state index < -0.39 is 35.2 Å². The number of aromatic amines is 1. The maximum Gasteiger partial charge on any atom is 0.331 e. The Balaban J connectivity index is 2.09. The molecule has 148 valence electrons. The molecular weight excluding hydrogens is 386 g/mol. The van der Waals surface area contributed by atoms with Crippen molar-refractivity contribution in [3.8, 4) is 0 Å². The first kappa shape index (κ1) is 21.2. The Morgan fingerprint density at radius 3 is 2.68 bits per heavy atom. The number of aromatic nitrogens is 2. The Morgan fingerprint density at radius 1 is 1.32 bits per heavy atom. The summed E-state index contributed by atoms with van der Waals surface area (Å²) in [5, 5.41) is 0.558. The number of anilines is 1.